The highest BCUT2D eigenvalue weighted by atomic mass is 32.2. The Hall–Kier alpha value is -1.47. The highest BCUT2D eigenvalue weighted by Gasteiger charge is 2.50. The van der Waals surface area contributed by atoms with Crippen molar-refractivity contribution in [3.05, 3.63) is 0 Å². The zero-order chi connectivity index (χ0) is 21.0. The van der Waals surface area contributed by atoms with Crippen LogP contribution in [0.3, 0.4) is 0 Å². The summed E-state index contributed by atoms with van der Waals surface area (Å²) in [6, 6.07) is -0.372. The minimum Gasteiger partial charge on any atom is -0.388 e. The average Bonchev–Trinajstić information content (AvgIpc) is 3.18. The third-order valence-electron chi connectivity index (χ3n) is 5.43. The first-order valence-corrected chi connectivity index (χ1v) is 11.6. The molecule has 0 aliphatic carbocycles. The largest absolute Gasteiger partial charge is 0.388 e. The van der Waals surface area contributed by atoms with Gasteiger partial charge in [0.15, 0.2) is 9.84 Å². The van der Waals surface area contributed by atoms with E-state index in [9.17, 15) is 23.1 Å². The van der Waals surface area contributed by atoms with Crippen LogP contribution in [-0.2, 0) is 28.8 Å². The van der Waals surface area contributed by atoms with Crippen LogP contribution in [0.2, 0.25) is 0 Å². The molecule has 3 rings (SSSR count). The Morgan fingerprint density at radius 2 is 1.93 bits per heavy atom. The molecule has 12 heteroatoms. The van der Waals surface area contributed by atoms with E-state index in [-0.39, 0.29) is 61.7 Å². The lowest BCUT2D eigenvalue weighted by atomic mass is 10.1. The molecule has 5 atom stereocenters. The highest BCUT2D eigenvalue weighted by molar-refractivity contribution is 7.91. The number of rotatable bonds is 7. The molecule has 0 spiro atoms. The molecule has 29 heavy (non-hydrogen) atoms. The Bertz CT molecular complexity index is 689. The van der Waals surface area contributed by atoms with Gasteiger partial charge in [0, 0.05) is 39.7 Å². The summed E-state index contributed by atoms with van der Waals surface area (Å²) >= 11 is 0. The maximum atomic E-state index is 12.4. The summed E-state index contributed by atoms with van der Waals surface area (Å²) < 4.78 is 39.5. The number of ether oxygens (including phenoxy) is 3. The van der Waals surface area contributed by atoms with Crippen LogP contribution in [0.1, 0.15) is 12.8 Å². The van der Waals surface area contributed by atoms with Crippen molar-refractivity contribution >= 4 is 21.8 Å². The van der Waals surface area contributed by atoms with Gasteiger partial charge in [-0.15, -0.1) is 0 Å². The van der Waals surface area contributed by atoms with E-state index >= 15 is 0 Å². The topological polar surface area (TPSA) is 144 Å². The molecule has 0 aromatic carbocycles. The Balaban J connectivity index is 1.39. The first kappa shape index (κ1) is 22.2. The Morgan fingerprint density at radius 3 is 2.59 bits per heavy atom. The van der Waals surface area contributed by atoms with Gasteiger partial charge in [0.25, 0.3) is 0 Å². The molecule has 0 saturated carbocycles. The molecule has 3 aliphatic rings. The summed E-state index contributed by atoms with van der Waals surface area (Å²) in [6.45, 7) is 1.34. The van der Waals surface area contributed by atoms with Crippen LogP contribution in [0, 0.1) is 0 Å². The summed E-state index contributed by atoms with van der Waals surface area (Å²) in [6.07, 6.45) is -2.14. The van der Waals surface area contributed by atoms with E-state index in [1.165, 1.54) is 0 Å². The molecule has 3 heterocycles. The number of urea groups is 1. The lowest BCUT2D eigenvalue weighted by molar-refractivity contribution is -0.134. The van der Waals surface area contributed by atoms with Gasteiger partial charge >= 0.3 is 6.03 Å². The quantitative estimate of drug-likeness (QED) is 0.385. The highest BCUT2D eigenvalue weighted by Crippen LogP contribution is 2.35. The molecular weight excluding hydrogens is 406 g/mol. The number of fused-ring (bicyclic) bond motifs is 1. The minimum absolute atomic E-state index is 0.00886. The molecule has 11 nitrogen and oxygen atoms in total. The number of methoxy groups -OCH3 is 1. The molecule has 5 unspecified atom stereocenters. The predicted molar refractivity (Wildman–Crippen MR) is 101 cm³/mol. The van der Waals surface area contributed by atoms with E-state index in [1.807, 2.05) is 0 Å². The smallest absolute Gasteiger partial charge is 0.314 e. The third-order valence-corrected chi connectivity index (χ3v) is 7.04. The minimum atomic E-state index is -3.04. The molecular formula is C17H29N3O8S. The van der Waals surface area contributed by atoms with Crippen LogP contribution >= 0.6 is 0 Å². The van der Waals surface area contributed by atoms with Gasteiger partial charge in [0.1, 0.15) is 18.3 Å². The fourth-order valence-corrected chi connectivity index (χ4v) is 5.02. The van der Waals surface area contributed by atoms with Crippen molar-refractivity contribution in [3.63, 3.8) is 0 Å². The normalized spacial score (nSPS) is 33.3. The second-order valence-corrected chi connectivity index (χ2v) is 9.83. The van der Waals surface area contributed by atoms with Gasteiger partial charge in [-0.05, 0) is 0 Å². The van der Waals surface area contributed by atoms with Crippen LogP contribution < -0.4 is 10.6 Å². The van der Waals surface area contributed by atoms with E-state index < -0.39 is 28.1 Å². The molecule has 0 aromatic heterocycles. The van der Waals surface area contributed by atoms with Crippen molar-refractivity contribution in [2.24, 2.45) is 0 Å². The zero-order valence-corrected chi connectivity index (χ0v) is 17.2. The molecule has 0 radical (unpaired) electrons. The lowest BCUT2D eigenvalue weighted by Crippen LogP contribution is -2.45. The molecule has 3 saturated heterocycles. The average molecular weight is 435 g/mol. The van der Waals surface area contributed by atoms with Gasteiger partial charge in [-0.25, -0.2) is 13.2 Å². The van der Waals surface area contributed by atoms with Gasteiger partial charge in [0.2, 0.25) is 5.91 Å². The Morgan fingerprint density at radius 1 is 1.21 bits per heavy atom. The van der Waals surface area contributed by atoms with Crippen molar-refractivity contribution in [2.45, 2.75) is 43.4 Å². The van der Waals surface area contributed by atoms with Gasteiger partial charge in [-0.1, -0.05) is 0 Å². The Labute approximate surface area is 170 Å². The number of hydrogen-bond acceptors (Lipinski definition) is 8. The number of amides is 3. The second kappa shape index (κ2) is 9.56. The van der Waals surface area contributed by atoms with E-state index in [0.717, 1.165) is 0 Å². The van der Waals surface area contributed by atoms with Crippen LogP contribution in [0.5, 0.6) is 0 Å². The maximum absolute atomic E-state index is 12.4. The summed E-state index contributed by atoms with van der Waals surface area (Å²) in [7, 11) is -1.50. The summed E-state index contributed by atoms with van der Waals surface area (Å²) in [5.74, 6) is -0.166. The summed E-state index contributed by atoms with van der Waals surface area (Å²) in [5.41, 5.74) is 0. The van der Waals surface area contributed by atoms with E-state index in [4.69, 9.17) is 14.2 Å². The number of carbonyl (C=O) groups is 2. The number of carbonyl (C=O) groups excluding carboxylic acids is 2. The summed E-state index contributed by atoms with van der Waals surface area (Å²) in [5, 5.41) is 15.7. The van der Waals surface area contributed by atoms with Crippen molar-refractivity contribution < 1.29 is 37.3 Å². The molecule has 3 N–H and O–H groups in total. The molecule has 0 bridgehead atoms. The van der Waals surface area contributed by atoms with Crippen molar-refractivity contribution in [1.82, 2.24) is 15.5 Å². The monoisotopic (exact) mass is 435 g/mol. The number of aliphatic hydroxyl groups is 1. The fourth-order valence-electron chi connectivity index (χ4n) is 3.82. The van der Waals surface area contributed by atoms with E-state index in [1.54, 1.807) is 12.0 Å². The number of aliphatic hydroxyl groups excluding tert-OH is 1. The van der Waals surface area contributed by atoms with Crippen molar-refractivity contribution in [1.29, 1.82) is 0 Å². The van der Waals surface area contributed by atoms with Crippen LogP contribution in [0.4, 0.5) is 4.79 Å². The van der Waals surface area contributed by atoms with E-state index in [2.05, 4.69) is 10.6 Å². The van der Waals surface area contributed by atoms with Gasteiger partial charge in [-0.3, -0.25) is 4.79 Å². The molecule has 0 aromatic rings. The van der Waals surface area contributed by atoms with E-state index in [0.29, 0.717) is 19.6 Å². The van der Waals surface area contributed by atoms with Crippen LogP contribution in [-0.4, -0.2) is 112 Å². The number of nitrogens with zero attached hydrogens (tertiary/aromatic N) is 1. The van der Waals surface area contributed by atoms with Gasteiger partial charge < -0.3 is 34.9 Å². The summed E-state index contributed by atoms with van der Waals surface area (Å²) in [4.78, 5) is 25.6. The SMILES string of the molecule is COCCNC(=O)NCC1OC2CC(CC(=O)N3CCS(=O)(=O)CC3)OC2C1O. The maximum Gasteiger partial charge on any atom is 0.314 e. The standard InChI is InChI=1S/C17H29N3O8S/c1-26-5-2-18-17(23)19-10-13-15(22)16-12(28-13)8-11(27-16)9-14(21)20-3-6-29(24,25)7-4-20/h11-13,15-16,22H,2-10H2,1H3,(H2,18,19,23). The molecule has 3 amide bonds. The second-order valence-electron chi connectivity index (χ2n) is 7.53. The first-order valence-electron chi connectivity index (χ1n) is 9.77. The predicted octanol–water partition coefficient (Wildman–Crippen LogP) is -2.14. The lowest BCUT2D eigenvalue weighted by Gasteiger charge is -2.28. The molecule has 3 aliphatic heterocycles. The fraction of sp³-hybridized carbons (Fsp3) is 0.882. The van der Waals surface area contributed by atoms with Gasteiger partial charge in [0.05, 0.1) is 36.7 Å². The number of sulfone groups is 1. The van der Waals surface area contributed by atoms with Gasteiger partial charge in [-0.2, -0.15) is 0 Å². The Kier molecular flexibility index (Phi) is 7.32. The zero-order valence-electron chi connectivity index (χ0n) is 16.4. The van der Waals surface area contributed by atoms with Crippen LogP contribution in [0.15, 0.2) is 0 Å². The molecule has 166 valence electrons. The molecule has 3 fully saturated rings. The first-order chi connectivity index (χ1) is 13.8. The van der Waals surface area contributed by atoms with Crippen molar-refractivity contribution in [2.75, 3.05) is 51.4 Å². The van der Waals surface area contributed by atoms with Crippen LogP contribution in [0.25, 0.3) is 0 Å². The van der Waals surface area contributed by atoms with Crippen molar-refractivity contribution in [3.8, 4) is 0 Å². The third kappa shape index (κ3) is 5.79. The number of hydrogen-bond donors (Lipinski definition) is 3. The number of nitrogens with one attached hydrogen (secondary N) is 2.